The second kappa shape index (κ2) is 7.10. The maximum absolute atomic E-state index is 11.8. The molecule has 0 bridgehead atoms. The molecule has 4 nitrogen and oxygen atoms in total. The number of nitrogens with one attached hydrogen (secondary N) is 2. The standard InChI is InChI=1S/C12H15F3N2O2/c13-12(14,15)8-16-7-11(19)17-6-10(18)9-4-2-1-3-5-9/h1-5,10,16,18H,6-8H2,(H,17,19). The summed E-state index contributed by atoms with van der Waals surface area (Å²) in [6.07, 6.45) is -5.23. The topological polar surface area (TPSA) is 61.4 Å². The molecule has 1 unspecified atom stereocenters. The zero-order valence-electron chi connectivity index (χ0n) is 10.1. The van der Waals surface area contributed by atoms with Gasteiger partial charge in [0.05, 0.1) is 19.2 Å². The summed E-state index contributed by atoms with van der Waals surface area (Å²) in [5.41, 5.74) is 0.631. The fourth-order valence-electron chi connectivity index (χ4n) is 1.38. The van der Waals surface area contributed by atoms with Gasteiger partial charge in [0, 0.05) is 6.54 Å². The predicted octanol–water partition coefficient (Wildman–Crippen LogP) is 0.988. The molecule has 19 heavy (non-hydrogen) atoms. The molecule has 1 amide bonds. The highest BCUT2D eigenvalue weighted by atomic mass is 19.4. The number of carbonyl (C=O) groups is 1. The highest BCUT2D eigenvalue weighted by Gasteiger charge is 2.26. The second-order valence-electron chi connectivity index (χ2n) is 3.95. The van der Waals surface area contributed by atoms with Gasteiger partial charge in [-0.15, -0.1) is 0 Å². The smallest absolute Gasteiger partial charge is 0.387 e. The van der Waals surface area contributed by atoms with E-state index in [9.17, 15) is 23.1 Å². The van der Waals surface area contributed by atoms with Crippen LogP contribution in [0.15, 0.2) is 30.3 Å². The quantitative estimate of drug-likeness (QED) is 0.726. The summed E-state index contributed by atoms with van der Waals surface area (Å²) in [6, 6.07) is 8.66. The van der Waals surface area contributed by atoms with Crippen molar-refractivity contribution in [3.05, 3.63) is 35.9 Å². The highest BCUT2D eigenvalue weighted by Crippen LogP contribution is 2.12. The molecule has 0 aliphatic rings. The Balaban J connectivity index is 2.23. The molecule has 0 fully saturated rings. The van der Waals surface area contributed by atoms with Gasteiger partial charge in [-0.1, -0.05) is 30.3 Å². The number of aliphatic hydroxyl groups is 1. The van der Waals surface area contributed by atoms with Crippen LogP contribution in [0.1, 0.15) is 11.7 Å². The van der Waals surface area contributed by atoms with Gasteiger partial charge in [0.1, 0.15) is 0 Å². The monoisotopic (exact) mass is 276 g/mol. The van der Waals surface area contributed by atoms with E-state index in [0.717, 1.165) is 0 Å². The first kappa shape index (κ1) is 15.5. The first-order valence-electron chi connectivity index (χ1n) is 5.65. The average molecular weight is 276 g/mol. The van der Waals surface area contributed by atoms with Gasteiger partial charge in [0.25, 0.3) is 0 Å². The first-order chi connectivity index (χ1) is 8.88. The van der Waals surface area contributed by atoms with Gasteiger partial charge < -0.3 is 15.7 Å². The predicted molar refractivity (Wildman–Crippen MR) is 63.3 cm³/mol. The number of rotatable bonds is 6. The lowest BCUT2D eigenvalue weighted by Gasteiger charge is -2.13. The molecule has 0 radical (unpaired) electrons. The third-order valence-electron chi connectivity index (χ3n) is 2.29. The number of hydrogen-bond acceptors (Lipinski definition) is 3. The van der Waals surface area contributed by atoms with E-state index in [2.05, 4.69) is 5.32 Å². The Morgan fingerprint density at radius 2 is 1.89 bits per heavy atom. The lowest BCUT2D eigenvalue weighted by Crippen LogP contribution is -2.39. The lowest BCUT2D eigenvalue weighted by atomic mass is 10.1. The fraction of sp³-hybridized carbons (Fsp3) is 0.417. The molecular weight excluding hydrogens is 261 g/mol. The van der Waals surface area contributed by atoms with Crippen molar-refractivity contribution in [1.82, 2.24) is 10.6 Å². The molecule has 0 aliphatic carbocycles. The summed E-state index contributed by atoms with van der Waals surface area (Å²) in [4.78, 5) is 11.2. The van der Waals surface area contributed by atoms with Crippen LogP contribution in [0, 0.1) is 0 Å². The largest absolute Gasteiger partial charge is 0.401 e. The number of alkyl halides is 3. The number of halogens is 3. The third kappa shape index (κ3) is 6.78. The van der Waals surface area contributed by atoms with Crippen LogP contribution in [0.25, 0.3) is 0 Å². The van der Waals surface area contributed by atoms with Gasteiger partial charge in [-0.2, -0.15) is 13.2 Å². The number of aliphatic hydroxyl groups excluding tert-OH is 1. The summed E-state index contributed by atoms with van der Waals surface area (Å²) in [7, 11) is 0. The van der Waals surface area contributed by atoms with Crippen LogP contribution in [0.5, 0.6) is 0 Å². The van der Waals surface area contributed by atoms with Crippen molar-refractivity contribution < 1.29 is 23.1 Å². The van der Waals surface area contributed by atoms with E-state index in [1.165, 1.54) is 0 Å². The van der Waals surface area contributed by atoms with E-state index < -0.39 is 31.3 Å². The Bertz CT molecular complexity index is 396. The minimum absolute atomic E-state index is 0.0451. The minimum atomic E-state index is -4.34. The van der Waals surface area contributed by atoms with Gasteiger partial charge in [-0.25, -0.2) is 0 Å². The molecule has 0 spiro atoms. The SMILES string of the molecule is O=C(CNCC(F)(F)F)NCC(O)c1ccccc1. The van der Waals surface area contributed by atoms with E-state index in [-0.39, 0.29) is 6.54 Å². The minimum Gasteiger partial charge on any atom is -0.387 e. The molecule has 1 aromatic rings. The molecule has 0 aromatic heterocycles. The Hall–Kier alpha value is -1.60. The summed E-state index contributed by atoms with van der Waals surface area (Å²) in [5, 5.41) is 14.0. The van der Waals surface area contributed by atoms with Gasteiger partial charge in [-0.05, 0) is 5.56 Å². The molecule has 0 saturated carbocycles. The summed E-state index contributed by atoms with van der Waals surface area (Å²) >= 11 is 0. The van der Waals surface area contributed by atoms with E-state index in [1.54, 1.807) is 30.3 Å². The van der Waals surface area contributed by atoms with Crippen LogP contribution < -0.4 is 10.6 Å². The Labute approximate surface area is 108 Å². The zero-order valence-corrected chi connectivity index (χ0v) is 10.1. The Morgan fingerprint density at radius 1 is 1.26 bits per heavy atom. The number of benzene rings is 1. The Kier molecular flexibility index (Phi) is 5.78. The Morgan fingerprint density at radius 3 is 2.47 bits per heavy atom. The highest BCUT2D eigenvalue weighted by molar-refractivity contribution is 5.78. The first-order valence-corrected chi connectivity index (χ1v) is 5.65. The lowest BCUT2D eigenvalue weighted by molar-refractivity contribution is -0.128. The number of carbonyl (C=O) groups excluding carboxylic acids is 1. The van der Waals surface area contributed by atoms with Crippen LogP contribution in [0.4, 0.5) is 13.2 Å². The van der Waals surface area contributed by atoms with Crippen molar-refractivity contribution >= 4 is 5.91 Å². The van der Waals surface area contributed by atoms with Crippen molar-refractivity contribution in [1.29, 1.82) is 0 Å². The summed E-state index contributed by atoms with van der Waals surface area (Å²) in [5.74, 6) is -0.598. The third-order valence-corrected chi connectivity index (χ3v) is 2.29. The van der Waals surface area contributed by atoms with Gasteiger partial charge in [-0.3, -0.25) is 4.79 Å². The molecule has 1 aromatic carbocycles. The van der Waals surface area contributed by atoms with Crippen LogP contribution in [0.2, 0.25) is 0 Å². The van der Waals surface area contributed by atoms with Crippen LogP contribution in [-0.2, 0) is 4.79 Å². The normalized spacial score (nSPS) is 13.1. The van der Waals surface area contributed by atoms with Crippen LogP contribution in [0.3, 0.4) is 0 Å². The van der Waals surface area contributed by atoms with E-state index in [1.807, 2.05) is 5.32 Å². The molecule has 1 rings (SSSR count). The van der Waals surface area contributed by atoms with Gasteiger partial charge in [0.2, 0.25) is 5.91 Å². The zero-order chi connectivity index (χ0) is 14.3. The molecule has 0 heterocycles. The van der Waals surface area contributed by atoms with Crippen LogP contribution >= 0.6 is 0 Å². The van der Waals surface area contributed by atoms with Gasteiger partial charge >= 0.3 is 6.18 Å². The van der Waals surface area contributed by atoms with Crippen molar-refractivity contribution in [3.8, 4) is 0 Å². The van der Waals surface area contributed by atoms with Crippen molar-refractivity contribution in [2.75, 3.05) is 19.6 Å². The fourth-order valence-corrected chi connectivity index (χ4v) is 1.38. The average Bonchev–Trinajstić information content (AvgIpc) is 2.35. The number of amides is 1. The van der Waals surface area contributed by atoms with E-state index in [0.29, 0.717) is 5.56 Å². The maximum atomic E-state index is 11.8. The van der Waals surface area contributed by atoms with E-state index >= 15 is 0 Å². The summed E-state index contributed by atoms with van der Waals surface area (Å²) in [6.45, 7) is -1.71. The molecule has 0 aliphatic heterocycles. The van der Waals surface area contributed by atoms with Crippen molar-refractivity contribution in [2.24, 2.45) is 0 Å². The molecule has 7 heteroatoms. The summed E-state index contributed by atoms with van der Waals surface area (Å²) < 4.78 is 35.4. The maximum Gasteiger partial charge on any atom is 0.401 e. The van der Waals surface area contributed by atoms with Crippen molar-refractivity contribution in [2.45, 2.75) is 12.3 Å². The molecule has 106 valence electrons. The second-order valence-corrected chi connectivity index (χ2v) is 3.95. The molecule has 1 atom stereocenters. The molecule has 3 N–H and O–H groups in total. The van der Waals surface area contributed by atoms with E-state index in [4.69, 9.17) is 0 Å². The molecule has 0 saturated heterocycles. The number of hydrogen-bond donors (Lipinski definition) is 3. The van der Waals surface area contributed by atoms with Gasteiger partial charge in [0.15, 0.2) is 0 Å². The van der Waals surface area contributed by atoms with Crippen molar-refractivity contribution in [3.63, 3.8) is 0 Å². The van der Waals surface area contributed by atoms with Crippen LogP contribution in [-0.4, -0.2) is 36.8 Å². The molecular formula is C12H15F3N2O2.